The average Bonchev–Trinajstić information content (AvgIpc) is 3.09. The molecular weight excluding hydrogens is 314 g/mol. The third-order valence-corrected chi connectivity index (χ3v) is 5.22. The summed E-state index contributed by atoms with van der Waals surface area (Å²) in [6.45, 7) is 10.2. The Hall–Kier alpha value is -1.96. The van der Waals surface area contributed by atoms with Gasteiger partial charge in [0.15, 0.2) is 5.82 Å². The Morgan fingerprint density at radius 1 is 1.30 bits per heavy atom. The molecular formula is C15H23N5O2S. The number of hydrogen-bond acceptors (Lipinski definition) is 6. The van der Waals surface area contributed by atoms with Crippen molar-refractivity contribution in [3.8, 4) is 0 Å². The lowest BCUT2D eigenvalue weighted by atomic mass is 10.2. The molecule has 0 radical (unpaired) electrons. The van der Waals surface area contributed by atoms with Crippen molar-refractivity contribution in [2.45, 2.75) is 53.1 Å². The van der Waals surface area contributed by atoms with Crippen molar-refractivity contribution in [2.75, 3.05) is 7.05 Å². The number of aromatic nitrogens is 3. The van der Waals surface area contributed by atoms with Crippen LogP contribution in [0.5, 0.6) is 0 Å². The smallest absolute Gasteiger partial charge is 0.318 e. The second-order valence-electron chi connectivity index (χ2n) is 5.83. The number of hydrogen-bond donors (Lipinski definition) is 1. The van der Waals surface area contributed by atoms with Crippen LogP contribution in [0, 0.1) is 13.8 Å². The van der Waals surface area contributed by atoms with Gasteiger partial charge in [0.2, 0.25) is 5.89 Å². The molecule has 0 spiro atoms. The minimum absolute atomic E-state index is 0.0491. The zero-order valence-electron chi connectivity index (χ0n) is 14.4. The maximum absolute atomic E-state index is 12.3. The maximum atomic E-state index is 12.3. The van der Waals surface area contributed by atoms with E-state index < -0.39 is 0 Å². The van der Waals surface area contributed by atoms with E-state index in [1.807, 2.05) is 13.8 Å². The Morgan fingerprint density at radius 3 is 2.52 bits per heavy atom. The highest BCUT2D eigenvalue weighted by Gasteiger charge is 2.22. The van der Waals surface area contributed by atoms with Crippen LogP contribution in [0.15, 0.2) is 4.52 Å². The molecule has 0 bridgehead atoms. The Balaban J connectivity index is 2.00. The van der Waals surface area contributed by atoms with Crippen LogP contribution in [-0.4, -0.2) is 33.1 Å². The van der Waals surface area contributed by atoms with Crippen molar-refractivity contribution < 1.29 is 9.32 Å². The van der Waals surface area contributed by atoms with E-state index in [-0.39, 0.29) is 18.6 Å². The van der Waals surface area contributed by atoms with Crippen LogP contribution in [0.25, 0.3) is 0 Å². The molecule has 2 heterocycles. The van der Waals surface area contributed by atoms with Crippen LogP contribution in [0.1, 0.15) is 60.0 Å². The largest absolute Gasteiger partial charge is 0.340 e. The predicted octanol–water partition coefficient (Wildman–Crippen LogP) is 3.17. The number of amides is 2. The zero-order chi connectivity index (χ0) is 17.1. The molecule has 0 aliphatic carbocycles. The van der Waals surface area contributed by atoms with E-state index in [2.05, 4.69) is 34.3 Å². The standard InChI is InChI=1S/C15H23N5O2S/c1-8(2)14-17-9(3)13(23-14)10(4)20(6)15(21)16-7-12-18-11(5)22-19-12/h8,10H,7H2,1-6H3,(H,16,21)/t10-/m1/s1. The summed E-state index contributed by atoms with van der Waals surface area (Å²) in [7, 11) is 1.77. The second kappa shape index (κ2) is 7.08. The minimum Gasteiger partial charge on any atom is -0.340 e. The first-order valence-electron chi connectivity index (χ1n) is 7.56. The Labute approximate surface area is 140 Å². The maximum Gasteiger partial charge on any atom is 0.318 e. The molecule has 0 fully saturated rings. The van der Waals surface area contributed by atoms with Gasteiger partial charge in [0.05, 0.1) is 23.3 Å². The molecule has 1 atom stereocenters. The van der Waals surface area contributed by atoms with Gasteiger partial charge in [-0.15, -0.1) is 11.3 Å². The van der Waals surface area contributed by atoms with Crippen molar-refractivity contribution in [1.82, 2.24) is 25.3 Å². The van der Waals surface area contributed by atoms with E-state index in [4.69, 9.17) is 4.52 Å². The van der Waals surface area contributed by atoms with Crippen molar-refractivity contribution in [3.63, 3.8) is 0 Å². The number of carbonyl (C=O) groups excluding carboxylic acids is 1. The molecule has 2 rings (SSSR count). The molecule has 7 nitrogen and oxygen atoms in total. The fourth-order valence-electron chi connectivity index (χ4n) is 2.11. The van der Waals surface area contributed by atoms with Gasteiger partial charge in [0.25, 0.3) is 0 Å². The molecule has 23 heavy (non-hydrogen) atoms. The first-order valence-corrected chi connectivity index (χ1v) is 8.38. The number of thiazole rings is 1. The summed E-state index contributed by atoms with van der Waals surface area (Å²) in [6, 6.07) is -0.231. The third kappa shape index (κ3) is 4.07. The second-order valence-corrected chi connectivity index (χ2v) is 6.89. The number of rotatable bonds is 5. The fourth-order valence-corrected chi connectivity index (χ4v) is 3.27. The van der Waals surface area contributed by atoms with Crippen LogP contribution in [0.4, 0.5) is 4.79 Å². The number of carbonyl (C=O) groups is 1. The van der Waals surface area contributed by atoms with Crippen molar-refractivity contribution in [1.29, 1.82) is 0 Å². The number of urea groups is 1. The average molecular weight is 337 g/mol. The van der Waals surface area contributed by atoms with Gasteiger partial charge in [0.1, 0.15) is 0 Å². The quantitative estimate of drug-likeness (QED) is 0.906. The molecule has 2 amide bonds. The normalized spacial score (nSPS) is 12.5. The molecule has 1 N–H and O–H groups in total. The SMILES string of the molecule is Cc1nc(CNC(=O)N(C)[C@H](C)c2sc(C(C)C)nc2C)no1. The first kappa shape index (κ1) is 17.4. The van der Waals surface area contributed by atoms with Crippen LogP contribution < -0.4 is 5.32 Å². The zero-order valence-corrected chi connectivity index (χ0v) is 15.2. The first-order chi connectivity index (χ1) is 10.8. The lowest BCUT2D eigenvalue weighted by molar-refractivity contribution is 0.194. The van der Waals surface area contributed by atoms with E-state index in [9.17, 15) is 4.79 Å². The molecule has 2 aromatic rings. The molecule has 8 heteroatoms. The molecule has 0 aliphatic heterocycles. The lowest BCUT2D eigenvalue weighted by Gasteiger charge is -2.24. The Bertz CT molecular complexity index is 679. The highest BCUT2D eigenvalue weighted by atomic mass is 32.1. The number of nitrogens with zero attached hydrogens (tertiary/aromatic N) is 4. The van der Waals surface area contributed by atoms with Gasteiger partial charge < -0.3 is 14.7 Å². The van der Waals surface area contributed by atoms with E-state index >= 15 is 0 Å². The van der Waals surface area contributed by atoms with Gasteiger partial charge in [-0.2, -0.15) is 4.98 Å². The highest BCUT2D eigenvalue weighted by Crippen LogP contribution is 2.31. The van der Waals surface area contributed by atoms with E-state index in [1.54, 1.807) is 30.2 Å². The van der Waals surface area contributed by atoms with E-state index in [1.165, 1.54) is 0 Å². The molecule has 2 aromatic heterocycles. The Morgan fingerprint density at radius 2 is 2.00 bits per heavy atom. The topological polar surface area (TPSA) is 84.2 Å². The summed E-state index contributed by atoms with van der Waals surface area (Å²) >= 11 is 1.67. The van der Waals surface area contributed by atoms with E-state index in [0.717, 1.165) is 15.6 Å². The summed E-state index contributed by atoms with van der Waals surface area (Å²) in [4.78, 5) is 23.7. The van der Waals surface area contributed by atoms with Gasteiger partial charge in [-0.1, -0.05) is 19.0 Å². The molecule has 0 saturated heterocycles. The summed E-state index contributed by atoms with van der Waals surface area (Å²) in [5.41, 5.74) is 0.986. The molecule has 126 valence electrons. The number of aryl methyl sites for hydroxylation is 2. The van der Waals surface area contributed by atoms with Crippen LogP contribution in [-0.2, 0) is 6.54 Å². The summed E-state index contributed by atoms with van der Waals surface area (Å²) < 4.78 is 4.88. The summed E-state index contributed by atoms with van der Waals surface area (Å²) in [5.74, 6) is 1.34. The van der Waals surface area contributed by atoms with Crippen molar-refractivity contribution in [3.05, 3.63) is 27.3 Å². The van der Waals surface area contributed by atoms with Crippen molar-refractivity contribution >= 4 is 17.4 Å². The minimum atomic E-state index is -0.182. The van der Waals surface area contributed by atoms with Crippen LogP contribution in [0.3, 0.4) is 0 Å². The monoisotopic (exact) mass is 337 g/mol. The predicted molar refractivity (Wildman–Crippen MR) is 88.4 cm³/mol. The van der Waals surface area contributed by atoms with Crippen LogP contribution in [0.2, 0.25) is 0 Å². The van der Waals surface area contributed by atoms with E-state index in [0.29, 0.717) is 17.6 Å². The summed E-state index contributed by atoms with van der Waals surface area (Å²) in [5, 5.41) is 7.66. The molecule has 0 aliphatic rings. The molecule has 0 unspecified atom stereocenters. The highest BCUT2D eigenvalue weighted by molar-refractivity contribution is 7.11. The van der Waals surface area contributed by atoms with Gasteiger partial charge in [-0.25, -0.2) is 9.78 Å². The van der Waals surface area contributed by atoms with Gasteiger partial charge in [0, 0.05) is 24.8 Å². The van der Waals surface area contributed by atoms with Gasteiger partial charge in [-0.05, 0) is 13.8 Å². The lowest BCUT2D eigenvalue weighted by Crippen LogP contribution is -2.38. The Kier molecular flexibility index (Phi) is 5.35. The molecule has 0 saturated carbocycles. The molecule has 0 aromatic carbocycles. The van der Waals surface area contributed by atoms with Gasteiger partial charge >= 0.3 is 6.03 Å². The number of nitrogens with one attached hydrogen (secondary N) is 1. The van der Waals surface area contributed by atoms with Crippen LogP contribution >= 0.6 is 11.3 Å². The third-order valence-electron chi connectivity index (χ3n) is 3.59. The van der Waals surface area contributed by atoms with Crippen molar-refractivity contribution in [2.24, 2.45) is 0 Å². The fraction of sp³-hybridized carbons (Fsp3) is 0.600. The van der Waals surface area contributed by atoms with Gasteiger partial charge in [-0.3, -0.25) is 0 Å². The summed E-state index contributed by atoms with van der Waals surface area (Å²) in [6.07, 6.45) is 0.